The first-order chi connectivity index (χ1) is 9.05. The molecule has 0 aliphatic carbocycles. The Morgan fingerprint density at radius 2 is 2.32 bits per heavy atom. The molecule has 2 heterocycles. The Labute approximate surface area is 113 Å². The highest BCUT2D eigenvalue weighted by molar-refractivity contribution is 7.89. The van der Waals surface area contributed by atoms with Crippen molar-refractivity contribution in [1.29, 1.82) is 0 Å². The summed E-state index contributed by atoms with van der Waals surface area (Å²) in [7, 11) is -1.84. The van der Waals surface area contributed by atoms with Crippen LogP contribution in [0.1, 0.15) is 13.3 Å². The van der Waals surface area contributed by atoms with Crippen LogP contribution in [-0.4, -0.2) is 50.6 Å². The minimum Gasteiger partial charge on any atom is -0.387 e. The maximum absolute atomic E-state index is 12.7. The third kappa shape index (κ3) is 3.05. The van der Waals surface area contributed by atoms with Crippen molar-refractivity contribution >= 4 is 15.7 Å². The second-order valence-corrected chi connectivity index (χ2v) is 6.43. The van der Waals surface area contributed by atoms with Crippen LogP contribution in [0.25, 0.3) is 0 Å². The van der Waals surface area contributed by atoms with Crippen molar-refractivity contribution < 1.29 is 13.2 Å². The van der Waals surface area contributed by atoms with Crippen molar-refractivity contribution in [2.45, 2.75) is 24.3 Å². The Balaban J connectivity index is 2.35. The van der Waals surface area contributed by atoms with Crippen molar-refractivity contribution in [3.8, 4) is 0 Å². The van der Waals surface area contributed by atoms with Gasteiger partial charge in [0.2, 0.25) is 10.0 Å². The molecule has 1 aliphatic heterocycles. The first-order valence-electron chi connectivity index (χ1n) is 6.29. The summed E-state index contributed by atoms with van der Waals surface area (Å²) in [6, 6.07) is 1.66. The Bertz CT molecular complexity index is 533. The lowest BCUT2D eigenvalue weighted by atomic mass is 10.4. The molecule has 6 nitrogen and oxygen atoms in total. The molecule has 1 unspecified atom stereocenters. The summed E-state index contributed by atoms with van der Waals surface area (Å²) in [6.07, 6.45) is 3.57. The number of sulfonamides is 1. The van der Waals surface area contributed by atoms with Gasteiger partial charge in [0.1, 0.15) is 4.90 Å². The number of hydrogen-bond acceptors (Lipinski definition) is 5. The van der Waals surface area contributed by atoms with Crippen LogP contribution in [-0.2, 0) is 14.8 Å². The summed E-state index contributed by atoms with van der Waals surface area (Å²) in [5.41, 5.74) is 0.563. The lowest BCUT2D eigenvalue weighted by Gasteiger charge is -2.22. The lowest BCUT2D eigenvalue weighted by molar-refractivity contribution is 0.0752. The maximum Gasteiger partial charge on any atom is 0.246 e. The molecule has 1 N–H and O–H groups in total. The summed E-state index contributed by atoms with van der Waals surface area (Å²) >= 11 is 0. The van der Waals surface area contributed by atoms with E-state index in [2.05, 4.69) is 10.3 Å². The Hall–Kier alpha value is -1.18. The number of pyridine rings is 1. The number of nitrogens with one attached hydrogen (secondary N) is 1. The van der Waals surface area contributed by atoms with Gasteiger partial charge in [0, 0.05) is 39.1 Å². The predicted octanol–water partition coefficient (Wildman–Crippen LogP) is 0.923. The fourth-order valence-corrected chi connectivity index (χ4v) is 3.80. The van der Waals surface area contributed by atoms with Crippen molar-refractivity contribution in [3.05, 3.63) is 18.5 Å². The van der Waals surface area contributed by atoms with E-state index in [9.17, 15) is 8.42 Å². The molecule has 0 amide bonds. The number of rotatable bonds is 3. The summed E-state index contributed by atoms with van der Waals surface area (Å²) < 4.78 is 32.3. The van der Waals surface area contributed by atoms with Crippen LogP contribution >= 0.6 is 0 Å². The molecule has 1 aliphatic rings. The van der Waals surface area contributed by atoms with Gasteiger partial charge >= 0.3 is 0 Å². The molecular weight excluding hydrogens is 266 g/mol. The normalized spacial score (nSPS) is 21.9. The van der Waals surface area contributed by atoms with Crippen LogP contribution in [0.2, 0.25) is 0 Å². The molecule has 0 spiro atoms. The number of ether oxygens (including phenoxy) is 1. The SMILES string of the molecule is CNc1ccncc1S(=O)(=O)N1CCCOC(C)C1. The van der Waals surface area contributed by atoms with E-state index in [1.165, 1.54) is 10.5 Å². The monoisotopic (exact) mass is 285 g/mol. The molecule has 19 heavy (non-hydrogen) atoms. The molecule has 0 radical (unpaired) electrons. The van der Waals surface area contributed by atoms with E-state index >= 15 is 0 Å². The Morgan fingerprint density at radius 3 is 3.05 bits per heavy atom. The van der Waals surface area contributed by atoms with E-state index in [0.717, 1.165) is 0 Å². The van der Waals surface area contributed by atoms with Gasteiger partial charge in [0.15, 0.2) is 0 Å². The van der Waals surface area contributed by atoms with Crippen LogP contribution in [0, 0.1) is 0 Å². The number of hydrogen-bond donors (Lipinski definition) is 1. The fourth-order valence-electron chi connectivity index (χ4n) is 2.11. The Morgan fingerprint density at radius 1 is 1.53 bits per heavy atom. The van der Waals surface area contributed by atoms with Crippen LogP contribution in [0.4, 0.5) is 5.69 Å². The first-order valence-corrected chi connectivity index (χ1v) is 7.73. The van der Waals surface area contributed by atoms with E-state index < -0.39 is 10.0 Å². The molecule has 1 aromatic rings. The van der Waals surface area contributed by atoms with Gasteiger partial charge in [-0.25, -0.2) is 8.42 Å². The quantitative estimate of drug-likeness (QED) is 0.894. The minimum atomic E-state index is -3.53. The first kappa shape index (κ1) is 14.2. The molecule has 1 saturated heterocycles. The fraction of sp³-hybridized carbons (Fsp3) is 0.583. The highest BCUT2D eigenvalue weighted by Crippen LogP contribution is 2.24. The second kappa shape index (κ2) is 5.85. The summed E-state index contributed by atoms with van der Waals surface area (Å²) in [4.78, 5) is 4.13. The largest absolute Gasteiger partial charge is 0.387 e. The standard InChI is InChI=1S/C12H19N3O3S/c1-10-9-15(6-3-7-18-10)19(16,17)12-8-14-5-4-11(12)13-2/h4-5,8,10H,3,6-7,9H2,1-2H3,(H,13,14). The average Bonchev–Trinajstić information content (AvgIpc) is 2.64. The van der Waals surface area contributed by atoms with Gasteiger partial charge < -0.3 is 10.1 Å². The lowest BCUT2D eigenvalue weighted by Crippen LogP contribution is -2.36. The van der Waals surface area contributed by atoms with E-state index in [1.54, 1.807) is 19.3 Å². The zero-order chi connectivity index (χ0) is 13.9. The van der Waals surface area contributed by atoms with Gasteiger partial charge in [0.05, 0.1) is 11.8 Å². The van der Waals surface area contributed by atoms with Crippen LogP contribution < -0.4 is 5.32 Å². The Kier molecular flexibility index (Phi) is 4.38. The third-order valence-corrected chi connectivity index (χ3v) is 4.98. The van der Waals surface area contributed by atoms with E-state index in [0.29, 0.717) is 31.8 Å². The number of aromatic nitrogens is 1. The zero-order valence-corrected chi connectivity index (χ0v) is 12.0. The van der Waals surface area contributed by atoms with Crippen LogP contribution in [0.3, 0.4) is 0 Å². The minimum absolute atomic E-state index is 0.0908. The van der Waals surface area contributed by atoms with E-state index in [-0.39, 0.29) is 11.0 Å². The van der Waals surface area contributed by atoms with Gasteiger partial charge in [-0.1, -0.05) is 0 Å². The van der Waals surface area contributed by atoms with Crippen molar-refractivity contribution in [2.75, 3.05) is 32.1 Å². The van der Waals surface area contributed by atoms with Crippen LogP contribution in [0.15, 0.2) is 23.4 Å². The zero-order valence-electron chi connectivity index (χ0n) is 11.2. The highest BCUT2D eigenvalue weighted by atomic mass is 32.2. The van der Waals surface area contributed by atoms with E-state index in [1.807, 2.05) is 6.92 Å². The molecule has 1 atom stereocenters. The molecule has 0 bridgehead atoms. The average molecular weight is 285 g/mol. The summed E-state index contributed by atoms with van der Waals surface area (Å²) in [6.45, 7) is 3.33. The molecule has 0 saturated carbocycles. The van der Waals surface area contributed by atoms with Gasteiger partial charge in [-0.2, -0.15) is 4.31 Å². The van der Waals surface area contributed by atoms with Gasteiger partial charge in [0.25, 0.3) is 0 Å². The van der Waals surface area contributed by atoms with Gasteiger partial charge in [-0.05, 0) is 19.4 Å². The smallest absolute Gasteiger partial charge is 0.246 e. The summed E-state index contributed by atoms with van der Waals surface area (Å²) in [5, 5.41) is 2.89. The number of nitrogens with zero attached hydrogens (tertiary/aromatic N) is 2. The number of anilines is 1. The van der Waals surface area contributed by atoms with E-state index in [4.69, 9.17) is 4.74 Å². The topological polar surface area (TPSA) is 71.5 Å². The molecular formula is C12H19N3O3S. The second-order valence-electron chi connectivity index (χ2n) is 4.52. The molecule has 2 rings (SSSR count). The molecule has 1 fully saturated rings. The van der Waals surface area contributed by atoms with Crippen LogP contribution in [0.5, 0.6) is 0 Å². The van der Waals surface area contributed by atoms with Crippen molar-refractivity contribution in [1.82, 2.24) is 9.29 Å². The van der Waals surface area contributed by atoms with Gasteiger partial charge in [-0.15, -0.1) is 0 Å². The molecule has 106 valence electrons. The van der Waals surface area contributed by atoms with Gasteiger partial charge in [-0.3, -0.25) is 4.98 Å². The van der Waals surface area contributed by atoms with Crippen molar-refractivity contribution in [3.63, 3.8) is 0 Å². The molecule has 7 heteroatoms. The van der Waals surface area contributed by atoms with Crippen molar-refractivity contribution in [2.24, 2.45) is 0 Å². The molecule has 1 aromatic heterocycles. The third-order valence-electron chi connectivity index (χ3n) is 3.09. The highest BCUT2D eigenvalue weighted by Gasteiger charge is 2.29. The predicted molar refractivity (Wildman–Crippen MR) is 72.6 cm³/mol. The molecule has 0 aromatic carbocycles. The summed E-state index contributed by atoms with van der Waals surface area (Å²) in [5.74, 6) is 0. The maximum atomic E-state index is 12.7.